The van der Waals surface area contributed by atoms with Gasteiger partial charge in [-0.2, -0.15) is 0 Å². The molecule has 152 valence electrons. The van der Waals surface area contributed by atoms with Crippen molar-refractivity contribution in [1.29, 1.82) is 0 Å². The van der Waals surface area contributed by atoms with Gasteiger partial charge in [0.1, 0.15) is 0 Å². The molecular weight excluding hydrogens is 372 g/mol. The van der Waals surface area contributed by atoms with Gasteiger partial charge in [0.2, 0.25) is 0 Å². The third-order valence-corrected chi connectivity index (χ3v) is 5.49. The molecule has 0 fully saturated rings. The molecule has 1 aromatic heterocycles. The molecule has 0 spiro atoms. The van der Waals surface area contributed by atoms with Gasteiger partial charge in [-0.25, -0.2) is 0 Å². The summed E-state index contributed by atoms with van der Waals surface area (Å²) in [6.45, 7) is 0. The number of benzene rings is 3. The Morgan fingerprint density at radius 1 is 0.900 bits per heavy atom. The van der Waals surface area contributed by atoms with Crippen molar-refractivity contribution in [3.8, 4) is 5.69 Å². The summed E-state index contributed by atoms with van der Waals surface area (Å²) in [6, 6.07) is 24.9. The molecule has 4 nitrogen and oxygen atoms in total. The van der Waals surface area contributed by atoms with Crippen LogP contribution in [0.3, 0.4) is 0 Å². The molecule has 0 saturated heterocycles. The molecule has 4 rings (SSSR count). The fourth-order valence-electron chi connectivity index (χ4n) is 3.82. The van der Waals surface area contributed by atoms with Crippen molar-refractivity contribution < 1.29 is 9.53 Å². The van der Waals surface area contributed by atoms with Crippen LogP contribution < -0.4 is 5.73 Å². The van der Waals surface area contributed by atoms with Crippen LogP contribution in [0.4, 0.5) is 5.69 Å². The first-order valence-corrected chi connectivity index (χ1v) is 10.2. The number of rotatable bonds is 7. The number of hydrogen-bond acceptors (Lipinski definition) is 3. The number of anilines is 1. The molecule has 4 aromatic rings. The highest BCUT2D eigenvalue weighted by atomic mass is 16.5. The van der Waals surface area contributed by atoms with Crippen LogP contribution in [0.15, 0.2) is 79.0 Å². The quantitative estimate of drug-likeness (QED) is 0.348. The number of nitrogen functional groups attached to an aromatic ring is 1. The van der Waals surface area contributed by atoms with E-state index in [2.05, 4.69) is 53.2 Å². The molecule has 0 aliphatic rings. The molecule has 0 amide bonds. The summed E-state index contributed by atoms with van der Waals surface area (Å²) in [5.74, 6) is -0.182. The maximum atomic E-state index is 11.6. The molecule has 0 aliphatic heterocycles. The number of carbonyl (C=O) groups is 1. The molecule has 0 aliphatic carbocycles. The summed E-state index contributed by atoms with van der Waals surface area (Å²) in [6.07, 6.45) is 5.22. The van der Waals surface area contributed by atoms with Crippen molar-refractivity contribution >= 4 is 22.6 Å². The minimum Gasteiger partial charge on any atom is -0.469 e. The van der Waals surface area contributed by atoms with Gasteiger partial charge < -0.3 is 15.0 Å². The average molecular weight is 399 g/mol. The zero-order chi connectivity index (χ0) is 20.9. The molecule has 0 radical (unpaired) electrons. The fraction of sp³-hybridized carbons (Fsp3) is 0.192. The van der Waals surface area contributed by atoms with E-state index in [4.69, 9.17) is 10.5 Å². The van der Waals surface area contributed by atoms with Gasteiger partial charge in [-0.3, -0.25) is 4.79 Å². The number of aromatic nitrogens is 1. The number of esters is 1. The lowest BCUT2D eigenvalue weighted by atomic mass is 10.0. The minimum atomic E-state index is -0.182. The number of carbonyl (C=O) groups excluding carboxylic acids is 1. The normalized spacial score (nSPS) is 11.0. The number of methoxy groups -OCH3 is 1. The zero-order valence-electron chi connectivity index (χ0n) is 17.2. The highest BCUT2D eigenvalue weighted by molar-refractivity contribution is 5.86. The minimum absolute atomic E-state index is 0.182. The van der Waals surface area contributed by atoms with Crippen LogP contribution in [0, 0.1) is 0 Å². The second kappa shape index (κ2) is 8.87. The molecule has 4 heteroatoms. The molecule has 0 unspecified atom stereocenters. The van der Waals surface area contributed by atoms with Crippen LogP contribution in [-0.2, 0) is 28.8 Å². The lowest BCUT2D eigenvalue weighted by Crippen LogP contribution is -2.01. The molecule has 2 N–H and O–H groups in total. The Bertz CT molecular complexity index is 1150. The fourth-order valence-corrected chi connectivity index (χ4v) is 3.82. The summed E-state index contributed by atoms with van der Waals surface area (Å²) in [5, 5.41) is 1.23. The number of nitrogens with two attached hydrogens (primary N) is 1. The number of nitrogens with zero attached hydrogens (tertiary/aromatic N) is 1. The van der Waals surface area contributed by atoms with E-state index in [-0.39, 0.29) is 5.97 Å². The number of aryl methyl sites for hydroxylation is 3. The van der Waals surface area contributed by atoms with Crippen LogP contribution >= 0.6 is 0 Å². The van der Waals surface area contributed by atoms with E-state index < -0.39 is 0 Å². The second-order valence-electron chi connectivity index (χ2n) is 7.53. The highest BCUT2D eigenvalue weighted by Gasteiger charge is 2.12. The van der Waals surface area contributed by atoms with Crippen molar-refractivity contribution in [2.24, 2.45) is 0 Å². The van der Waals surface area contributed by atoms with E-state index in [1.165, 1.54) is 23.6 Å². The molecular formula is C26H26N2O2. The highest BCUT2D eigenvalue weighted by Crippen LogP contribution is 2.28. The van der Waals surface area contributed by atoms with Gasteiger partial charge >= 0.3 is 5.97 Å². The third-order valence-electron chi connectivity index (χ3n) is 5.49. The summed E-state index contributed by atoms with van der Waals surface area (Å²) < 4.78 is 7.01. The van der Waals surface area contributed by atoms with E-state index in [9.17, 15) is 4.79 Å². The standard InChI is InChI=1S/C26H26N2O2/c1-30-26(29)16-9-20-8-15-25-24(17-20)21(10-7-19-5-3-2-4-6-19)18-28(25)23-13-11-22(27)12-14-23/h2-6,8,11-15,17-18H,7,9-10,16,27H2,1H3. The van der Waals surface area contributed by atoms with Gasteiger partial charge in [-0.15, -0.1) is 0 Å². The lowest BCUT2D eigenvalue weighted by molar-refractivity contribution is -0.140. The Labute approximate surface area is 176 Å². The van der Waals surface area contributed by atoms with Gasteiger partial charge in [-0.1, -0.05) is 36.4 Å². The monoisotopic (exact) mass is 398 g/mol. The Balaban J connectivity index is 1.70. The maximum Gasteiger partial charge on any atom is 0.305 e. The molecule has 3 aromatic carbocycles. The molecule has 0 bridgehead atoms. The number of fused-ring (bicyclic) bond motifs is 1. The van der Waals surface area contributed by atoms with E-state index in [1.54, 1.807) is 0 Å². The van der Waals surface area contributed by atoms with Crippen LogP contribution in [0.1, 0.15) is 23.1 Å². The Morgan fingerprint density at radius 3 is 2.40 bits per heavy atom. The van der Waals surface area contributed by atoms with Crippen molar-refractivity contribution in [2.75, 3.05) is 12.8 Å². The summed E-state index contributed by atoms with van der Waals surface area (Å²) >= 11 is 0. The van der Waals surface area contributed by atoms with Gasteiger partial charge in [0.15, 0.2) is 0 Å². The largest absolute Gasteiger partial charge is 0.469 e. The zero-order valence-corrected chi connectivity index (χ0v) is 17.2. The van der Waals surface area contributed by atoms with Gasteiger partial charge in [0.25, 0.3) is 0 Å². The van der Waals surface area contributed by atoms with E-state index in [1.807, 2.05) is 30.3 Å². The van der Waals surface area contributed by atoms with Gasteiger partial charge in [0.05, 0.1) is 12.6 Å². The third kappa shape index (κ3) is 4.38. The Hall–Kier alpha value is -3.53. The Kier molecular flexibility index (Phi) is 5.84. The number of ether oxygens (including phenoxy) is 1. The maximum absolute atomic E-state index is 11.6. The first-order chi connectivity index (χ1) is 14.6. The molecule has 30 heavy (non-hydrogen) atoms. The molecule has 0 atom stereocenters. The van der Waals surface area contributed by atoms with E-state index in [0.29, 0.717) is 12.8 Å². The smallest absolute Gasteiger partial charge is 0.305 e. The summed E-state index contributed by atoms with van der Waals surface area (Å²) in [7, 11) is 1.43. The van der Waals surface area contributed by atoms with Crippen LogP contribution in [-0.4, -0.2) is 17.6 Å². The average Bonchev–Trinajstić information content (AvgIpc) is 3.15. The predicted octanol–water partition coefficient (Wildman–Crippen LogP) is 5.10. The Morgan fingerprint density at radius 2 is 1.67 bits per heavy atom. The lowest BCUT2D eigenvalue weighted by Gasteiger charge is -2.07. The van der Waals surface area contributed by atoms with Crippen molar-refractivity contribution in [2.45, 2.75) is 25.7 Å². The molecule has 0 saturated carbocycles. The van der Waals surface area contributed by atoms with E-state index >= 15 is 0 Å². The topological polar surface area (TPSA) is 57.2 Å². The van der Waals surface area contributed by atoms with Crippen molar-refractivity contribution in [3.05, 3.63) is 95.7 Å². The predicted molar refractivity (Wildman–Crippen MR) is 122 cm³/mol. The SMILES string of the molecule is COC(=O)CCc1ccc2c(c1)c(CCc1ccccc1)cn2-c1ccc(N)cc1. The van der Waals surface area contributed by atoms with Crippen LogP contribution in [0.25, 0.3) is 16.6 Å². The van der Waals surface area contributed by atoms with Crippen molar-refractivity contribution in [1.82, 2.24) is 4.57 Å². The van der Waals surface area contributed by atoms with Crippen molar-refractivity contribution in [3.63, 3.8) is 0 Å². The second-order valence-corrected chi connectivity index (χ2v) is 7.53. The van der Waals surface area contributed by atoms with Crippen LogP contribution in [0.2, 0.25) is 0 Å². The number of hydrogen-bond donors (Lipinski definition) is 1. The van der Waals surface area contributed by atoms with E-state index in [0.717, 1.165) is 35.3 Å². The first kappa shape index (κ1) is 19.8. The summed E-state index contributed by atoms with van der Waals surface area (Å²) in [4.78, 5) is 11.6. The molecule has 1 heterocycles. The van der Waals surface area contributed by atoms with Gasteiger partial charge in [0, 0.05) is 29.4 Å². The van der Waals surface area contributed by atoms with Gasteiger partial charge in [-0.05, 0) is 72.4 Å². The summed E-state index contributed by atoms with van der Waals surface area (Å²) in [5.41, 5.74) is 12.6. The first-order valence-electron chi connectivity index (χ1n) is 10.2. The van der Waals surface area contributed by atoms with Crippen LogP contribution in [0.5, 0.6) is 0 Å².